The molecule has 0 unspecified atom stereocenters. The Bertz CT molecular complexity index is 389. The molecular weight excluding hydrogens is 138 g/mol. The zero-order valence-electron chi connectivity index (χ0n) is 6.57. The highest BCUT2D eigenvalue weighted by Crippen LogP contribution is 2.07. The first-order valence-corrected chi connectivity index (χ1v) is 3.56. The Kier molecular flexibility index (Phi) is 1.18. The Labute approximate surface area is 64.7 Å². The van der Waals surface area contributed by atoms with Gasteiger partial charge in [-0.2, -0.15) is 0 Å². The van der Waals surface area contributed by atoms with Crippen LogP contribution in [0.25, 0.3) is 5.52 Å². The Hall–Kier alpha value is -1.38. The van der Waals surface area contributed by atoms with Crippen LogP contribution in [0.15, 0.2) is 18.2 Å². The topological polar surface area (TPSA) is 30.2 Å². The van der Waals surface area contributed by atoms with Crippen LogP contribution in [0.5, 0.6) is 0 Å². The quantitative estimate of drug-likeness (QED) is 0.563. The summed E-state index contributed by atoms with van der Waals surface area (Å²) in [5, 5.41) is 7.95. The van der Waals surface area contributed by atoms with Crippen molar-refractivity contribution < 1.29 is 0 Å². The van der Waals surface area contributed by atoms with E-state index in [4.69, 9.17) is 0 Å². The smallest absolute Gasteiger partial charge is 0.0897 e. The fraction of sp³-hybridized carbons (Fsp3) is 0.250. The van der Waals surface area contributed by atoms with Crippen molar-refractivity contribution >= 4 is 5.52 Å². The van der Waals surface area contributed by atoms with Crippen molar-refractivity contribution in [3.8, 4) is 0 Å². The van der Waals surface area contributed by atoms with E-state index < -0.39 is 0 Å². The van der Waals surface area contributed by atoms with Gasteiger partial charge in [-0.25, -0.2) is 4.52 Å². The molecule has 0 aliphatic heterocycles. The zero-order valence-corrected chi connectivity index (χ0v) is 6.57. The Morgan fingerprint density at radius 3 is 2.82 bits per heavy atom. The van der Waals surface area contributed by atoms with Crippen LogP contribution in [0.3, 0.4) is 0 Å². The first kappa shape index (κ1) is 6.34. The third-order valence-corrected chi connectivity index (χ3v) is 1.81. The van der Waals surface area contributed by atoms with E-state index in [0.29, 0.717) is 0 Å². The lowest BCUT2D eigenvalue weighted by molar-refractivity contribution is 0.823. The SMILES string of the molecule is Cc1nnn2c(C)cccc12. The number of rotatable bonds is 0. The largest absolute Gasteiger partial charge is 0.218 e. The van der Waals surface area contributed by atoms with E-state index in [0.717, 1.165) is 16.9 Å². The second kappa shape index (κ2) is 2.05. The predicted molar refractivity (Wildman–Crippen MR) is 42.5 cm³/mol. The average Bonchev–Trinajstić information content (AvgIpc) is 2.35. The van der Waals surface area contributed by atoms with Crippen LogP contribution in [0.4, 0.5) is 0 Å². The molecule has 0 saturated heterocycles. The second-order valence-electron chi connectivity index (χ2n) is 2.64. The average molecular weight is 147 g/mol. The molecule has 0 bridgehead atoms. The minimum Gasteiger partial charge on any atom is -0.218 e. The maximum absolute atomic E-state index is 3.98. The normalized spacial score (nSPS) is 10.7. The molecule has 3 heteroatoms. The summed E-state index contributed by atoms with van der Waals surface area (Å²) in [6, 6.07) is 6.05. The monoisotopic (exact) mass is 147 g/mol. The first-order valence-electron chi connectivity index (χ1n) is 3.56. The molecular formula is C8H9N3. The highest BCUT2D eigenvalue weighted by molar-refractivity contribution is 5.50. The van der Waals surface area contributed by atoms with Gasteiger partial charge in [0.05, 0.1) is 11.2 Å². The second-order valence-corrected chi connectivity index (χ2v) is 2.64. The number of hydrogen-bond acceptors (Lipinski definition) is 2. The highest BCUT2D eigenvalue weighted by atomic mass is 15.4. The van der Waals surface area contributed by atoms with Gasteiger partial charge in [-0.3, -0.25) is 0 Å². The van der Waals surface area contributed by atoms with E-state index in [2.05, 4.69) is 10.3 Å². The standard InChI is InChI=1S/C8H9N3/c1-6-4-3-5-8-7(2)9-10-11(6)8/h3-5H,1-2H3. The van der Waals surface area contributed by atoms with E-state index in [1.54, 1.807) is 0 Å². The molecule has 0 amide bonds. The molecule has 0 aromatic carbocycles. The van der Waals surface area contributed by atoms with Gasteiger partial charge in [-0.1, -0.05) is 11.3 Å². The number of aryl methyl sites for hydroxylation is 2. The summed E-state index contributed by atoms with van der Waals surface area (Å²) in [5.74, 6) is 0. The summed E-state index contributed by atoms with van der Waals surface area (Å²) in [4.78, 5) is 0. The van der Waals surface area contributed by atoms with E-state index >= 15 is 0 Å². The molecule has 11 heavy (non-hydrogen) atoms. The van der Waals surface area contributed by atoms with Crippen molar-refractivity contribution in [2.45, 2.75) is 13.8 Å². The molecule has 0 aliphatic carbocycles. The van der Waals surface area contributed by atoms with Crippen molar-refractivity contribution in [2.75, 3.05) is 0 Å². The van der Waals surface area contributed by atoms with E-state index in [1.165, 1.54) is 0 Å². The molecule has 0 radical (unpaired) electrons. The van der Waals surface area contributed by atoms with Gasteiger partial charge in [0.15, 0.2) is 0 Å². The van der Waals surface area contributed by atoms with Gasteiger partial charge < -0.3 is 0 Å². The highest BCUT2D eigenvalue weighted by Gasteiger charge is 2.00. The van der Waals surface area contributed by atoms with Gasteiger partial charge in [0, 0.05) is 5.69 Å². The fourth-order valence-corrected chi connectivity index (χ4v) is 1.17. The lowest BCUT2D eigenvalue weighted by atomic mass is 10.3. The predicted octanol–water partition coefficient (Wildman–Crippen LogP) is 1.35. The summed E-state index contributed by atoms with van der Waals surface area (Å²) >= 11 is 0. The van der Waals surface area contributed by atoms with Crippen molar-refractivity contribution in [1.82, 2.24) is 14.8 Å². The first-order chi connectivity index (χ1) is 5.29. The molecule has 2 aromatic rings. The maximum atomic E-state index is 3.98. The zero-order chi connectivity index (χ0) is 7.84. The molecule has 0 atom stereocenters. The molecule has 3 nitrogen and oxygen atoms in total. The van der Waals surface area contributed by atoms with E-state index in [1.807, 2.05) is 36.6 Å². The van der Waals surface area contributed by atoms with Crippen molar-refractivity contribution in [2.24, 2.45) is 0 Å². The lowest BCUT2D eigenvalue weighted by Gasteiger charge is -1.94. The van der Waals surface area contributed by atoms with E-state index in [9.17, 15) is 0 Å². The summed E-state index contributed by atoms with van der Waals surface area (Å²) in [6.07, 6.45) is 0. The molecule has 0 fully saturated rings. The number of hydrogen-bond donors (Lipinski definition) is 0. The maximum Gasteiger partial charge on any atom is 0.0897 e. The minimum atomic E-state index is 0.980. The minimum absolute atomic E-state index is 0.980. The van der Waals surface area contributed by atoms with Crippen LogP contribution < -0.4 is 0 Å². The molecule has 0 spiro atoms. The third kappa shape index (κ3) is 0.808. The molecule has 2 heterocycles. The number of aromatic nitrogens is 3. The van der Waals surface area contributed by atoms with Crippen molar-refractivity contribution in [3.63, 3.8) is 0 Å². The summed E-state index contributed by atoms with van der Waals surface area (Å²) < 4.78 is 1.84. The fourth-order valence-electron chi connectivity index (χ4n) is 1.17. The van der Waals surface area contributed by atoms with Crippen LogP contribution in [0.1, 0.15) is 11.4 Å². The molecule has 2 rings (SSSR count). The van der Waals surface area contributed by atoms with Crippen LogP contribution in [-0.2, 0) is 0 Å². The van der Waals surface area contributed by atoms with Gasteiger partial charge >= 0.3 is 0 Å². The molecule has 2 aromatic heterocycles. The molecule has 56 valence electrons. The molecule has 0 saturated carbocycles. The van der Waals surface area contributed by atoms with Gasteiger partial charge in [-0.05, 0) is 26.0 Å². The summed E-state index contributed by atoms with van der Waals surface area (Å²) in [7, 11) is 0. The van der Waals surface area contributed by atoms with E-state index in [-0.39, 0.29) is 0 Å². The van der Waals surface area contributed by atoms with Gasteiger partial charge in [0.2, 0.25) is 0 Å². The summed E-state index contributed by atoms with van der Waals surface area (Å²) in [6.45, 7) is 3.98. The van der Waals surface area contributed by atoms with Crippen molar-refractivity contribution in [3.05, 3.63) is 29.6 Å². The van der Waals surface area contributed by atoms with Crippen LogP contribution in [0.2, 0.25) is 0 Å². The molecule has 0 N–H and O–H groups in total. The van der Waals surface area contributed by atoms with Crippen LogP contribution in [0, 0.1) is 13.8 Å². The molecule has 0 aliphatic rings. The number of nitrogens with zero attached hydrogens (tertiary/aromatic N) is 3. The summed E-state index contributed by atoms with van der Waals surface area (Å²) in [5.41, 5.74) is 3.18. The number of pyridine rings is 1. The third-order valence-electron chi connectivity index (χ3n) is 1.81. The Morgan fingerprint density at radius 2 is 2.09 bits per heavy atom. The Morgan fingerprint density at radius 1 is 1.27 bits per heavy atom. The van der Waals surface area contributed by atoms with Crippen molar-refractivity contribution in [1.29, 1.82) is 0 Å². The van der Waals surface area contributed by atoms with Gasteiger partial charge in [0.1, 0.15) is 0 Å². The Balaban J connectivity index is 2.94. The number of fused-ring (bicyclic) bond motifs is 1. The van der Waals surface area contributed by atoms with Gasteiger partial charge in [-0.15, -0.1) is 5.10 Å². The van der Waals surface area contributed by atoms with Crippen LogP contribution >= 0.6 is 0 Å². The van der Waals surface area contributed by atoms with Gasteiger partial charge in [0.25, 0.3) is 0 Å². The lowest BCUT2D eigenvalue weighted by Crippen LogP contribution is -1.91. The van der Waals surface area contributed by atoms with Crippen LogP contribution in [-0.4, -0.2) is 14.8 Å².